The summed E-state index contributed by atoms with van der Waals surface area (Å²) in [5.74, 6) is 2.06. The molecule has 2 aliphatic rings. The molecule has 2 aromatic heterocycles. The molecule has 0 amide bonds. The van der Waals surface area contributed by atoms with Crippen molar-refractivity contribution in [3.63, 3.8) is 0 Å². The van der Waals surface area contributed by atoms with Gasteiger partial charge in [-0.2, -0.15) is 4.98 Å². The molecule has 2 bridgehead atoms. The Bertz CT molecular complexity index is 1970. The van der Waals surface area contributed by atoms with Gasteiger partial charge in [0.15, 0.2) is 7.26 Å². The highest BCUT2D eigenvalue weighted by Crippen LogP contribution is 2.56. The molecule has 248 valence electrons. The van der Waals surface area contributed by atoms with E-state index in [0.717, 1.165) is 48.6 Å². The Morgan fingerprint density at radius 2 is 1.16 bits per heavy atom. The van der Waals surface area contributed by atoms with Gasteiger partial charge in [0.2, 0.25) is 5.89 Å². The maximum atomic E-state index is 12.8. The van der Waals surface area contributed by atoms with Crippen molar-refractivity contribution in [1.82, 2.24) is 9.55 Å². The monoisotopic (exact) mass is 693 g/mol. The molecule has 4 heterocycles. The first-order valence-corrected chi connectivity index (χ1v) is 18.9. The van der Waals surface area contributed by atoms with Crippen LogP contribution in [0.15, 0.2) is 149 Å². The molecule has 0 unspecified atom stereocenters. The molecule has 0 N–H and O–H groups in total. The van der Waals surface area contributed by atoms with E-state index in [1.54, 1.807) is 6.07 Å². The SMILES string of the molecule is O=c1cccc2n1C[C@H]1C[C@@H]2CN(c2oc(-c3ccccc3)nc2[P+](c2ccccc2)(c2ccccc2)c2ccccc2)C1.[O-][Cl+3]([O-])([O-])[O-]. The summed E-state index contributed by atoms with van der Waals surface area (Å²) in [7, 11) is -7.46. The molecule has 11 heteroatoms. The van der Waals surface area contributed by atoms with Gasteiger partial charge in [-0.1, -0.05) is 78.9 Å². The second-order valence-electron chi connectivity index (χ2n) is 12.2. The first kappa shape index (κ1) is 32.9. The van der Waals surface area contributed by atoms with Gasteiger partial charge in [0.25, 0.3) is 16.9 Å². The minimum absolute atomic E-state index is 0.0968. The number of hydrogen-bond donors (Lipinski definition) is 0. The molecule has 2 aliphatic heterocycles. The van der Waals surface area contributed by atoms with E-state index in [9.17, 15) is 4.79 Å². The summed E-state index contributed by atoms with van der Waals surface area (Å²) >= 11 is 0. The lowest BCUT2D eigenvalue weighted by Gasteiger charge is -2.42. The molecule has 1 saturated heterocycles. The number of nitrogens with zero attached hydrogens (tertiary/aromatic N) is 3. The quantitative estimate of drug-likeness (QED) is 0.235. The Morgan fingerprint density at radius 3 is 1.69 bits per heavy atom. The normalized spacial score (nSPS) is 17.1. The molecule has 4 aromatic carbocycles. The average Bonchev–Trinajstić information content (AvgIpc) is 3.56. The number of halogens is 1. The minimum atomic E-state index is -4.94. The van der Waals surface area contributed by atoms with Gasteiger partial charge in [-0.05, 0) is 66.9 Å². The van der Waals surface area contributed by atoms with Crippen LogP contribution in [0.5, 0.6) is 0 Å². The summed E-state index contributed by atoms with van der Waals surface area (Å²) < 4.78 is 42.9. The Morgan fingerprint density at radius 1 is 0.653 bits per heavy atom. The summed E-state index contributed by atoms with van der Waals surface area (Å²) in [6.45, 7) is 2.31. The number of anilines is 1. The average molecular weight is 694 g/mol. The molecular formula is C38H33ClN3O6P. The van der Waals surface area contributed by atoms with Crippen LogP contribution >= 0.6 is 7.26 Å². The van der Waals surface area contributed by atoms with Gasteiger partial charge < -0.3 is 13.9 Å². The summed E-state index contributed by atoms with van der Waals surface area (Å²) in [6, 6.07) is 48.5. The second-order valence-corrected chi connectivity index (χ2v) is 16.2. The molecule has 8 rings (SSSR count). The lowest BCUT2D eigenvalue weighted by atomic mass is 9.83. The molecule has 9 nitrogen and oxygen atoms in total. The zero-order chi connectivity index (χ0) is 34.0. The number of piperidine rings is 1. The van der Waals surface area contributed by atoms with Crippen LogP contribution < -0.4 is 50.4 Å². The van der Waals surface area contributed by atoms with Crippen LogP contribution in [0.3, 0.4) is 0 Å². The second kappa shape index (κ2) is 13.7. The number of rotatable bonds is 6. The van der Waals surface area contributed by atoms with Crippen LogP contribution in [0.4, 0.5) is 5.88 Å². The third-order valence-corrected chi connectivity index (χ3v) is 13.3. The Hall–Kier alpha value is -4.60. The van der Waals surface area contributed by atoms with Crippen molar-refractivity contribution < 1.29 is 33.3 Å². The molecule has 2 atom stereocenters. The summed E-state index contributed by atoms with van der Waals surface area (Å²) in [5.41, 5.74) is 3.17. The highest BCUT2D eigenvalue weighted by molar-refractivity contribution is 8.01. The molecular weight excluding hydrogens is 661 g/mol. The standard InChI is InChI=1S/C38H33N3O2P.ClHO4/c42-35-23-13-22-34-30-24-28(26-41(34)35)25-40(27-30)38-37(39-36(43-38)29-14-5-1-6-15-29)44(31-16-7-2-8-17-31,32-18-9-3-10-19-32)33-20-11-4-12-21-33;2-1(3,4)5/h1-23,28,30H,24-27H2;(H,2,3,4,5)/q+1;/p-1/t28-,30+;/m0./s1. The van der Waals surface area contributed by atoms with Crippen LogP contribution in [0.25, 0.3) is 11.5 Å². The minimum Gasteiger partial charge on any atom is -0.416 e. The van der Waals surface area contributed by atoms with Crippen molar-refractivity contribution in [3.05, 3.63) is 156 Å². The van der Waals surface area contributed by atoms with Gasteiger partial charge in [-0.3, -0.25) is 4.79 Å². The number of benzene rings is 4. The van der Waals surface area contributed by atoms with E-state index in [1.807, 2.05) is 28.8 Å². The Balaban J connectivity index is 0.000000707. The Kier molecular flexibility index (Phi) is 9.22. The first-order chi connectivity index (χ1) is 23.7. The first-order valence-electron chi connectivity index (χ1n) is 15.9. The van der Waals surface area contributed by atoms with Gasteiger partial charge in [-0.25, -0.2) is 18.6 Å². The van der Waals surface area contributed by atoms with Crippen molar-refractivity contribution >= 4 is 34.5 Å². The van der Waals surface area contributed by atoms with Gasteiger partial charge in [-0.15, -0.1) is 10.2 Å². The van der Waals surface area contributed by atoms with Crippen LogP contribution in [0.2, 0.25) is 0 Å². The van der Waals surface area contributed by atoms with Crippen molar-refractivity contribution in [2.75, 3.05) is 18.0 Å². The van der Waals surface area contributed by atoms with Crippen LogP contribution in [-0.2, 0) is 6.54 Å². The van der Waals surface area contributed by atoms with E-state index < -0.39 is 17.5 Å². The van der Waals surface area contributed by atoms with Crippen molar-refractivity contribution in [1.29, 1.82) is 0 Å². The summed E-state index contributed by atoms with van der Waals surface area (Å²) in [6.07, 6.45) is 1.07. The molecule has 0 radical (unpaired) electrons. The summed E-state index contributed by atoms with van der Waals surface area (Å²) in [5, 5.41) is 3.71. The number of fused-ring (bicyclic) bond motifs is 4. The van der Waals surface area contributed by atoms with Crippen molar-refractivity contribution in [2.24, 2.45) is 5.92 Å². The van der Waals surface area contributed by atoms with Gasteiger partial charge in [0.1, 0.15) is 15.9 Å². The highest BCUT2D eigenvalue weighted by Gasteiger charge is 2.54. The molecule has 1 fully saturated rings. The van der Waals surface area contributed by atoms with E-state index >= 15 is 0 Å². The van der Waals surface area contributed by atoms with E-state index in [-0.39, 0.29) is 11.5 Å². The zero-order valence-electron chi connectivity index (χ0n) is 26.4. The van der Waals surface area contributed by atoms with Crippen molar-refractivity contribution in [2.45, 2.75) is 18.9 Å². The van der Waals surface area contributed by atoms with E-state index in [1.165, 1.54) is 15.9 Å². The molecule has 0 saturated carbocycles. The largest absolute Gasteiger partial charge is 0.416 e. The third-order valence-electron chi connectivity index (χ3n) is 9.13. The lowest BCUT2D eigenvalue weighted by molar-refractivity contribution is -2.00. The van der Waals surface area contributed by atoms with Crippen LogP contribution in [0, 0.1) is 16.2 Å². The molecule has 49 heavy (non-hydrogen) atoms. The third kappa shape index (κ3) is 6.70. The maximum Gasteiger partial charge on any atom is 0.262 e. The fraction of sp³-hybridized carbons (Fsp3) is 0.158. The van der Waals surface area contributed by atoms with Crippen molar-refractivity contribution in [3.8, 4) is 11.5 Å². The Labute approximate surface area is 286 Å². The van der Waals surface area contributed by atoms with E-state index in [4.69, 9.17) is 28.0 Å². The molecule has 0 aliphatic carbocycles. The molecule has 0 spiro atoms. The fourth-order valence-corrected chi connectivity index (χ4v) is 11.5. The van der Waals surface area contributed by atoms with Gasteiger partial charge in [0, 0.05) is 42.9 Å². The van der Waals surface area contributed by atoms with E-state index in [2.05, 4.69) is 114 Å². The predicted molar refractivity (Wildman–Crippen MR) is 180 cm³/mol. The lowest BCUT2D eigenvalue weighted by Crippen LogP contribution is -2.68. The zero-order valence-corrected chi connectivity index (χ0v) is 28.0. The van der Waals surface area contributed by atoms with Crippen LogP contribution in [0.1, 0.15) is 18.0 Å². The highest BCUT2D eigenvalue weighted by atomic mass is 35.7. The maximum absolute atomic E-state index is 12.8. The topological polar surface area (TPSA) is 144 Å². The molecule has 6 aromatic rings. The number of hydrogen-bond acceptors (Lipinski definition) is 8. The number of aromatic nitrogens is 2. The van der Waals surface area contributed by atoms with E-state index in [0.29, 0.717) is 11.8 Å². The summed E-state index contributed by atoms with van der Waals surface area (Å²) in [4.78, 5) is 20.7. The number of oxazole rings is 1. The predicted octanol–water partition coefficient (Wildman–Crippen LogP) is 0.990. The smallest absolute Gasteiger partial charge is 0.262 e. The van der Waals surface area contributed by atoms with Gasteiger partial charge >= 0.3 is 0 Å². The van der Waals surface area contributed by atoms with Crippen LogP contribution in [-0.4, -0.2) is 22.6 Å². The fourth-order valence-electron chi connectivity index (χ4n) is 7.26. The number of pyridine rings is 1. The van der Waals surface area contributed by atoms with Gasteiger partial charge in [0.05, 0.1) is 0 Å².